The van der Waals surface area contributed by atoms with Crippen molar-refractivity contribution >= 4 is 11.8 Å². The van der Waals surface area contributed by atoms with Crippen LogP contribution in [0, 0.1) is 5.92 Å². The Kier molecular flexibility index (Phi) is 4.98. The second-order valence-electron chi connectivity index (χ2n) is 8.08. The van der Waals surface area contributed by atoms with Crippen molar-refractivity contribution in [3.63, 3.8) is 0 Å². The van der Waals surface area contributed by atoms with E-state index < -0.39 is 5.66 Å². The molecular formula is C22H27N3O3. The smallest absolute Gasteiger partial charge is 0.289 e. The number of nitrogens with zero attached hydrogens (tertiary/aromatic N) is 2. The van der Waals surface area contributed by atoms with Crippen LogP contribution in [0.2, 0.25) is 0 Å². The van der Waals surface area contributed by atoms with Crippen LogP contribution in [-0.4, -0.2) is 46.4 Å². The lowest BCUT2D eigenvalue weighted by Crippen LogP contribution is -2.59. The van der Waals surface area contributed by atoms with E-state index in [9.17, 15) is 9.59 Å². The maximum absolute atomic E-state index is 13.2. The topological polar surface area (TPSA) is 65.8 Å². The third-order valence-electron chi connectivity index (χ3n) is 5.93. The normalized spacial score (nSPS) is 21.7. The molecule has 0 radical (unpaired) electrons. The van der Waals surface area contributed by atoms with Gasteiger partial charge in [-0.1, -0.05) is 44.2 Å². The summed E-state index contributed by atoms with van der Waals surface area (Å²) in [4.78, 5) is 29.6. The van der Waals surface area contributed by atoms with Crippen molar-refractivity contribution in [2.75, 3.05) is 13.1 Å². The molecule has 0 bridgehead atoms. The molecule has 2 aromatic rings. The lowest BCUT2D eigenvalue weighted by atomic mass is 9.95. The summed E-state index contributed by atoms with van der Waals surface area (Å²) in [5, 5.41) is 3.64. The highest BCUT2D eigenvalue weighted by Gasteiger charge is 2.52. The highest BCUT2D eigenvalue weighted by atomic mass is 16.3. The Hall–Kier alpha value is -2.60. The summed E-state index contributed by atoms with van der Waals surface area (Å²) in [7, 11) is 0. The molecule has 3 heterocycles. The molecular weight excluding hydrogens is 354 g/mol. The van der Waals surface area contributed by atoms with Gasteiger partial charge in [-0.05, 0) is 23.6 Å². The van der Waals surface area contributed by atoms with Gasteiger partial charge in [-0.3, -0.25) is 14.9 Å². The average Bonchev–Trinajstić information content (AvgIpc) is 3.33. The molecule has 28 heavy (non-hydrogen) atoms. The van der Waals surface area contributed by atoms with E-state index in [0.717, 1.165) is 5.56 Å². The minimum Gasteiger partial charge on any atom is -0.459 e. The fraction of sp³-hybridized carbons (Fsp3) is 0.455. The first-order valence-corrected chi connectivity index (χ1v) is 9.96. The Morgan fingerprint density at radius 2 is 1.89 bits per heavy atom. The van der Waals surface area contributed by atoms with E-state index in [1.807, 2.05) is 28.0 Å². The minimum absolute atomic E-state index is 0.0841. The molecule has 2 fully saturated rings. The fourth-order valence-corrected chi connectivity index (χ4v) is 4.31. The molecule has 1 unspecified atom stereocenters. The SMILES string of the molecule is CC(C)C1NC2(CCN(C(=O)c3ccco3)CC2)N(Cc2ccccc2)C1=O. The van der Waals surface area contributed by atoms with Crippen LogP contribution in [0.15, 0.2) is 53.1 Å². The Labute approximate surface area is 165 Å². The molecule has 0 aliphatic carbocycles. The van der Waals surface area contributed by atoms with E-state index in [1.165, 1.54) is 6.26 Å². The van der Waals surface area contributed by atoms with Crippen molar-refractivity contribution in [3.8, 4) is 0 Å². The quantitative estimate of drug-likeness (QED) is 0.884. The zero-order valence-electron chi connectivity index (χ0n) is 16.4. The first-order valence-electron chi connectivity index (χ1n) is 9.96. The van der Waals surface area contributed by atoms with Crippen LogP contribution in [0.25, 0.3) is 0 Å². The molecule has 1 aromatic heterocycles. The van der Waals surface area contributed by atoms with E-state index in [2.05, 4.69) is 31.3 Å². The van der Waals surface area contributed by atoms with Crippen molar-refractivity contribution in [1.82, 2.24) is 15.1 Å². The summed E-state index contributed by atoms with van der Waals surface area (Å²) >= 11 is 0. The molecule has 1 spiro atoms. The zero-order chi connectivity index (χ0) is 19.7. The molecule has 148 valence electrons. The number of likely N-dealkylation sites (tertiary alicyclic amines) is 1. The van der Waals surface area contributed by atoms with Gasteiger partial charge in [-0.2, -0.15) is 0 Å². The third-order valence-corrected chi connectivity index (χ3v) is 5.93. The van der Waals surface area contributed by atoms with Crippen LogP contribution in [0.1, 0.15) is 42.8 Å². The molecule has 4 rings (SSSR count). The number of benzene rings is 1. The number of furan rings is 1. The van der Waals surface area contributed by atoms with E-state index in [0.29, 0.717) is 38.2 Å². The van der Waals surface area contributed by atoms with Gasteiger partial charge in [0, 0.05) is 32.5 Å². The number of nitrogens with one attached hydrogen (secondary N) is 1. The molecule has 2 aliphatic heterocycles. The van der Waals surface area contributed by atoms with Crippen molar-refractivity contribution in [2.24, 2.45) is 5.92 Å². The van der Waals surface area contributed by atoms with Crippen LogP contribution >= 0.6 is 0 Å². The van der Waals surface area contributed by atoms with Gasteiger partial charge in [-0.25, -0.2) is 0 Å². The number of amides is 2. The molecule has 1 atom stereocenters. The predicted molar refractivity (Wildman–Crippen MR) is 105 cm³/mol. The Balaban J connectivity index is 1.54. The maximum atomic E-state index is 13.2. The molecule has 6 heteroatoms. The first kappa shape index (κ1) is 18.7. The van der Waals surface area contributed by atoms with E-state index in [4.69, 9.17) is 4.42 Å². The Morgan fingerprint density at radius 1 is 1.18 bits per heavy atom. The molecule has 1 N–H and O–H groups in total. The maximum Gasteiger partial charge on any atom is 0.289 e. The van der Waals surface area contributed by atoms with Gasteiger partial charge in [-0.15, -0.1) is 0 Å². The second-order valence-corrected chi connectivity index (χ2v) is 8.08. The first-order chi connectivity index (χ1) is 13.5. The summed E-state index contributed by atoms with van der Waals surface area (Å²) in [6, 6.07) is 13.3. The van der Waals surface area contributed by atoms with Gasteiger partial charge in [0.1, 0.15) is 0 Å². The van der Waals surface area contributed by atoms with Gasteiger partial charge >= 0.3 is 0 Å². The minimum atomic E-state index is -0.401. The van der Waals surface area contributed by atoms with Crippen LogP contribution in [0.4, 0.5) is 0 Å². The van der Waals surface area contributed by atoms with Crippen LogP contribution in [0.3, 0.4) is 0 Å². The van der Waals surface area contributed by atoms with Crippen molar-refractivity contribution in [3.05, 3.63) is 60.1 Å². The highest BCUT2D eigenvalue weighted by molar-refractivity contribution is 5.91. The summed E-state index contributed by atoms with van der Waals surface area (Å²) < 4.78 is 5.26. The Bertz CT molecular complexity index is 824. The monoisotopic (exact) mass is 381 g/mol. The van der Waals surface area contributed by atoms with Gasteiger partial charge in [0.2, 0.25) is 5.91 Å². The van der Waals surface area contributed by atoms with Gasteiger partial charge in [0.15, 0.2) is 5.76 Å². The van der Waals surface area contributed by atoms with Crippen LogP contribution < -0.4 is 5.32 Å². The number of carbonyl (C=O) groups is 2. The number of piperidine rings is 1. The average molecular weight is 381 g/mol. The third kappa shape index (κ3) is 3.33. The van der Waals surface area contributed by atoms with Crippen molar-refractivity contribution in [2.45, 2.75) is 44.9 Å². The summed E-state index contributed by atoms with van der Waals surface area (Å²) in [6.07, 6.45) is 2.94. The standard InChI is InChI=1S/C22H27N3O3/c1-16(2)19-21(27)25(15-17-7-4-3-5-8-17)22(23-19)10-12-24(13-11-22)20(26)18-9-6-14-28-18/h3-9,14,16,19,23H,10-13,15H2,1-2H3. The number of hydrogen-bond acceptors (Lipinski definition) is 4. The van der Waals surface area contributed by atoms with Gasteiger partial charge in [0.05, 0.1) is 18.0 Å². The van der Waals surface area contributed by atoms with Gasteiger partial charge in [0.25, 0.3) is 5.91 Å². The van der Waals surface area contributed by atoms with E-state index in [1.54, 1.807) is 12.1 Å². The molecule has 2 amide bonds. The molecule has 2 saturated heterocycles. The van der Waals surface area contributed by atoms with Crippen molar-refractivity contribution < 1.29 is 14.0 Å². The number of rotatable bonds is 4. The predicted octanol–water partition coefficient (Wildman–Crippen LogP) is 2.87. The molecule has 6 nitrogen and oxygen atoms in total. The Morgan fingerprint density at radius 3 is 2.50 bits per heavy atom. The van der Waals surface area contributed by atoms with Crippen molar-refractivity contribution in [1.29, 1.82) is 0 Å². The summed E-state index contributed by atoms with van der Waals surface area (Å²) in [5.74, 6) is 0.657. The highest BCUT2D eigenvalue weighted by Crippen LogP contribution is 2.35. The molecule has 2 aliphatic rings. The second kappa shape index (κ2) is 7.43. The summed E-state index contributed by atoms with van der Waals surface area (Å²) in [5.41, 5.74) is 0.720. The number of carbonyl (C=O) groups excluding carboxylic acids is 2. The lowest BCUT2D eigenvalue weighted by Gasteiger charge is -2.44. The molecule has 1 aromatic carbocycles. The van der Waals surface area contributed by atoms with Crippen LogP contribution in [-0.2, 0) is 11.3 Å². The summed E-state index contributed by atoms with van der Waals surface area (Å²) in [6.45, 7) is 5.92. The van der Waals surface area contributed by atoms with E-state index in [-0.39, 0.29) is 23.8 Å². The zero-order valence-corrected chi connectivity index (χ0v) is 16.4. The number of hydrogen-bond donors (Lipinski definition) is 1. The largest absolute Gasteiger partial charge is 0.459 e. The lowest BCUT2D eigenvalue weighted by molar-refractivity contribution is -0.134. The van der Waals surface area contributed by atoms with E-state index >= 15 is 0 Å². The molecule has 0 saturated carbocycles. The van der Waals surface area contributed by atoms with Gasteiger partial charge < -0.3 is 14.2 Å². The fourth-order valence-electron chi connectivity index (χ4n) is 4.31. The van der Waals surface area contributed by atoms with Crippen LogP contribution in [0.5, 0.6) is 0 Å².